The van der Waals surface area contributed by atoms with E-state index in [1.807, 2.05) is 18.5 Å². The second kappa shape index (κ2) is 12.8. The Balaban J connectivity index is 0.00000182. The van der Waals surface area contributed by atoms with E-state index in [0.29, 0.717) is 18.9 Å². The first-order valence-corrected chi connectivity index (χ1v) is 9.32. The summed E-state index contributed by atoms with van der Waals surface area (Å²) in [6.45, 7) is 3.58. The zero-order valence-electron chi connectivity index (χ0n) is 15.6. The van der Waals surface area contributed by atoms with Gasteiger partial charge in [-0.05, 0) is 50.3 Å². The first kappa shape index (κ1) is 23.5. The maximum absolute atomic E-state index is 12.0. The third kappa shape index (κ3) is 7.91. The molecule has 0 saturated carbocycles. The highest BCUT2D eigenvalue weighted by Gasteiger charge is 2.15. The molecular weight excluding hydrogens is 383 g/mol. The number of carbonyl (C=O) groups excluding carboxylic acids is 1. The van der Waals surface area contributed by atoms with Crippen molar-refractivity contribution in [3.05, 3.63) is 54.1 Å². The standard InChI is InChI=1S/C20H28N4O.2ClH/c25-20(9-8-18-10-11-21-15-18)23-16-19-22-12-14-24(19)13-4-7-17-5-2-1-3-6-17;;/h1-3,5-6,12,14,18,21H,4,7-11,13,15-16H2,(H,23,25);2*1H. The van der Waals surface area contributed by atoms with Gasteiger partial charge in [-0.15, -0.1) is 24.8 Å². The molecule has 1 amide bonds. The van der Waals surface area contributed by atoms with Gasteiger partial charge in [0.1, 0.15) is 5.82 Å². The maximum Gasteiger partial charge on any atom is 0.220 e. The molecule has 3 rings (SSSR count). The molecule has 0 spiro atoms. The second-order valence-corrected chi connectivity index (χ2v) is 6.80. The predicted molar refractivity (Wildman–Crippen MR) is 114 cm³/mol. The summed E-state index contributed by atoms with van der Waals surface area (Å²) in [7, 11) is 0. The van der Waals surface area contributed by atoms with E-state index < -0.39 is 0 Å². The highest BCUT2D eigenvalue weighted by molar-refractivity contribution is 5.85. The van der Waals surface area contributed by atoms with Crippen molar-refractivity contribution in [2.75, 3.05) is 13.1 Å². The van der Waals surface area contributed by atoms with Crippen LogP contribution in [0.25, 0.3) is 0 Å². The Bertz CT molecular complexity index is 657. The van der Waals surface area contributed by atoms with E-state index in [2.05, 4.69) is 44.5 Å². The van der Waals surface area contributed by atoms with E-state index >= 15 is 0 Å². The number of amides is 1. The lowest BCUT2D eigenvalue weighted by molar-refractivity contribution is -0.121. The molecule has 150 valence electrons. The molecule has 7 heteroatoms. The van der Waals surface area contributed by atoms with Crippen LogP contribution in [0, 0.1) is 5.92 Å². The SMILES string of the molecule is Cl.Cl.O=C(CCC1CCNC1)NCc1nccn1CCCc1ccccc1. The number of hydrogen-bond acceptors (Lipinski definition) is 3. The number of carbonyl (C=O) groups is 1. The average Bonchev–Trinajstić information content (AvgIpc) is 3.31. The third-order valence-electron chi connectivity index (χ3n) is 4.89. The lowest BCUT2D eigenvalue weighted by atomic mass is 10.0. The summed E-state index contributed by atoms with van der Waals surface area (Å²) in [5.41, 5.74) is 1.36. The van der Waals surface area contributed by atoms with Crippen molar-refractivity contribution in [2.45, 2.75) is 45.2 Å². The monoisotopic (exact) mass is 412 g/mol. The number of nitrogens with zero attached hydrogens (tertiary/aromatic N) is 2. The van der Waals surface area contributed by atoms with Gasteiger partial charge in [0.05, 0.1) is 6.54 Å². The fourth-order valence-corrected chi connectivity index (χ4v) is 3.37. The summed E-state index contributed by atoms with van der Waals surface area (Å²) in [4.78, 5) is 16.4. The molecular formula is C20H30Cl2N4O. The van der Waals surface area contributed by atoms with Gasteiger partial charge in [0.2, 0.25) is 5.91 Å². The largest absolute Gasteiger partial charge is 0.349 e. The van der Waals surface area contributed by atoms with Crippen molar-refractivity contribution >= 4 is 30.7 Å². The molecule has 2 aromatic rings. The van der Waals surface area contributed by atoms with E-state index in [9.17, 15) is 4.79 Å². The third-order valence-corrected chi connectivity index (χ3v) is 4.89. The van der Waals surface area contributed by atoms with Crippen molar-refractivity contribution in [1.82, 2.24) is 20.2 Å². The Labute approximate surface area is 174 Å². The Hall–Kier alpha value is -1.56. The lowest BCUT2D eigenvalue weighted by Crippen LogP contribution is -2.25. The van der Waals surface area contributed by atoms with Crippen LogP contribution in [0.2, 0.25) is 0 Å². The van der Waals surface area contributed by atoms with Gasteiger partial charge >= 0.3 is 0 Å². The lowest BCUT2D eigenvalue weighted by Gasteiger charge is -2.10. The number of rotatable bonds is 9. The average molecular weight is 413 g/mol. The van der Waals surface area contributed by atoms with Crippen molar-refractivity contribution in [3.63, 3.8) is 0 Å². The normalized spacial score (nSPS) is 15.6. The van der Waals surface area contributed by atoms with E-state index in [1.165, 1.54) is 12.0 Å². The van der Waals surface area contributed by atoms with Crippen LogP contribution < -0.4 is 10.6 Å². The summed E-state index contributed by atoms with van der Waals surface area (Å²) < 4.78 is 2.14. The fraction of sp³-hybridized carbons (Fsp3) is 0.500. The van der Waals surface area contributed by atoms with E-state index in [1.54, 1.807) is 0 Å². The van der Waals surface area contributed by atoms with Crippen molar-refractivity contribution in [1.29, 1.82) is 0 Å². The summed E-state index contributed by atoms with van der Waals surface area (Å²) in [5, 5.41) is 6.36. The second-order valence-electron chi connectivity index (χ2n) is 6.80. The van der Waals surface area contributed by atoms with Crippen LogP contribution in [0.5, 0.6) is 0 Å². The van der Waals surface area contributed by atoms with Crippen LogP contribution >= 0.6 is 24.8 Å². The van der Waals surface area contributed by atoms with Gasteiger partial charge in [0.25, 0.3) is 0 Å². The Morgan fingerprint density at radius 2 is 2.07 bits per heavy atom. The minimum absolute atomic E-state index is 0. The minimum atomic E-state index is 0. The molecule has 1 unspecified atom stereocenters. The maximum atomic E-state index is 12.0. The van der Waals surface area contributed by atoms with Gasteiger partial charge in [-0.25, -0.2) is 4.98 Å². The minimum Gasteiger partial charge on any atom is -0.349 e. The molecule has 5 nitrogen and oxygen atoms in total. The van der Waals surface area contributed by atoms with Gasteiger partial charge in [-0.3, -0.25) is 4.79 Å². The summed E-state index contributed by atoms with van der Waals surface area (Å²) in [5.74, 6) is 1.72. The molecule has 0 aliphatic carbocycles. The van der Waals surface area contributed by atoms with E-state index in [-0.39, 0.29) is 30.7 Å². The van der Waals surface area contributed by atoms with Crippen LogP contribution in [0.3, 0.4) is 0 Å². The van der Waals surface area contributed by atoms with Crippen molar-refractivity contribution < 1.29 is 4.79 Å². The van der Waals surface area contributed by atoms with Crippen LogP contribution in [0.1, 0.15) is 37.1 Å². The van der Waals surface area contributed by atoms with Crippen molar-refractivity contribution in [2.24, 2.45) is 5.92 Å². The molecule has 0 bridgehead atoms. The molecule has 27 heavy (non-hydrogen) atoms. The van der Waals surface area contributed by atoms with E-state index in [0.717, 1.165) is 44.7 Å². The molecule has 0 radical (unpaired) electrons. The molecule has 1 aliphatic rings. The molecule has 1 aliphatic heterocycles. The number of aromatic nitrogens is 2. The van der Waals surface area contributed by atoms with Crippen molar-refractivity contribution in [3.8, 4) is 0 Å². The Morgan fingerprint density at radius 1 is 1.26 bits per heavy atom. The van der Waals surface area contributed by atoms with Gasteiger partial charge in [0, 0.05) is 25.4 Å². The quantitative estimate of drug-likeness (QED) is 0.663. The van der Waals surface area contributed by atoms with Crippen LogP contribution in [-0.4, -0.2) is 28.5 Å². The molecule has 1 fully saturated rings. The van der Waals surface area contributed by atoms with Crippen LogP contribution in [0.4, 0.5) is 0 Å². The molecule has 2 heterocycles. The first-order chi connectivity index (χ1) is 12.3. The van der Waals surface area contributed by atoms with E-state index in [4.69, 9.17) is 0 Å². The molecule has 2 N–H and O–H groups in total. The number of aryl methyl sites for hydroxylation is 2. The smallest absolute Gasteiger partial charge is 0.220 e. The Kier molecular flexibility index (Phi) is 11.1. The Morgan fingerprint density at radius 3 is 2.81 bits per heavy atom. The predicted octanol–water partition coefficient (Wildman–Crippen LogP) is 3.37. The summed E-state index contributed by atoms with van der Waals surface area (Å²) in [6, 6.07) is 10.5. The fourth-order valence-electron chi connectivity index (χ4n) is 3.37. The zero-order chi connectivity index (χ0) is 17.3. The summed E-state index contributed by atoms with van der Waals surface area (Å²) >= 11 is 0. The number of imidazole rings is 1. The number of nitrogens with one attached hydrogen (secondary N) is 2. The topological polar surface area (TPSA) is 59.0 Å². The molecule has 1 atom stereocenters. The highest BCUT2D eigenvalue weighted by Crippen LogP contribution is 2.14. The van der Waals surface area contributed by atoms with Gasteiger partial charge in [0.15, 0.2) is 0 Å². The molecule has 1 aromatic carbocycles. The summed E-state index contributed by atoms with van der Waals surface area (Å²) in [6.07, 6.45) is 8.71. The van der Waals surface area contributed by atoms with Crippen LogP contribution in [-0.2, 0) is 24.3 Å². The molecule has 1 aromatic heterocycles. The van der Waals surface area contributed by atoms with Crippen LogP contribution in [0.15, 0.2) is 42.7 Å². The number of halogens is 2. The van der Waals surface area contributed by atoms with Gasteiger partial charge in [-0.2, -0.15) is 0 Å². The number of benzene rings is 1. The first-order valence-electron chi connectivity index (χ1n) is 9.32. The molecule has 1 saturated heterocycles. The number of hydrogen-bond donors (Lipinski definition) is 2. The van der Waals surface area contributed by atoms with Gasteiger partial charge in [-0.1, -0.05) is 30.3 Å². The van der Waals surface area contributed by atoms with Gasteiger partial charge < -0.3 is 15.2 Å². The zero-order valence-corrected chi connectivity index (χ0v) is 17.2. The highest BCUT2D eigenvalue weighted by atomic mass is 35.5.